The maximum atomic E-state index is 13.9. The summed E-state index contributed by atoms with van der Waals surface area (Å²) < 4.78 is 13.9. The van der Waals surface area contributed by atoms with Crippen LogP contribution in [-0.4, -0.2) is 68.9 Å². The molecule has 4 aromatic rings. The molecule has 0 radical (unpaired) electrons. The summed E-state index contributed by atoms with van der Waals surface area (Å²) >= 11 is 0. The number of nitrogens with zero attached hydrogens (tertiary/aromatic N) is 6. The largest absolute Gasteiger partial charge is 0.324 e. The van der Waals surface area contributed by atoms with Crippen LogP contribution in [0.4, 0.5) is 21.7 Å². The van der Waals surface area contributed by atoms with Gasteiger partial charge >= 0.3 is 0 Å². The Morgan fingerprint density at radius 1 is 1.00 bits per heavy atom. The van der Waals surface area contributed by atoms with E-state index in [9.17, 15) is 9.18 Å². The van der Waals surface area contributed by atoms with Crippen molar-refractivity contribution in [3.63, 3.8) is 0 Å². The molecule has 200 valence electrons. The number of benzene rings is 2. The Bertz CT molecular complexity index is 1440. The molecule has 9 nitrogen and oxygen atoms in total. The Kier molecular flexibility index (Phi) is 8.14. The molecule has 1 saturated heterocycles. The lowest BCUT2D eigenvalue weighted by atomic mass is 10.0. The van der Waals surface area contributed by atoms with Crippen LogP contribution in [0.3, 0.4) is 0 Å². The molecule has 0 atom stereocenters. The van der Waals surface area contributed by atoms with Gasteiger partial charge in [0, 0.05) is 73.8 Å². The third kappa shape index (κ3) is 6.60. The first kappa shape index (κ1) is 26.3. The fourth-order valence-corrected chi connectivity index (χ4v) is 4.46. The number of alkyl halides is 1. The number of nitrogens with one attached hydrogen (secondary N) is 2. The molecular formula is C29H31FN8O. The van der Waals surface area contributed by atoms with Gasteiger partial charge in [-0.15, -0.1) is 0 Å². The number of halogens is 1. The minimum atomic E-state index is -0.614. The maximum Gasteiger partial charge on any atom is 0.255 e. The van der Waals surface area contributed by atoms with Crippen molar-refractivity contribution in [3.8, 4) is 11.3 Å². The van der Waals surface area contributed by atoms with E-state index in [1.165, 1.54) is 6.33 Å². The van der Waals surface area contributed by atoms with Gasteiger partial charge in [-0.3, -0.25) is 9.69 Å². The van der Waals surface area contributed by atoms with Crippen molar-refractivity contribution in [1.82, 2.24) is 29.7 Å². The predicted molar refractivity (Wildman–Crippen MR) is 150 cm³/mol. The molecule has 1 fully saturated rings. The van der Waals surface area contributed by atoms with Crippen molar-refractivity contribution in [2.75, 3.05) is 43.9 Å². The van der Waals surface area contributed by atoms with Crippen LogP contribution in [0.5, 0.6) is 0 Å². The number of carbonyl (C=O) groups excluding carboxylic acids is 1. The smallest absolute Gasteiger partial charge is 0.255 e. The van der Waals surface area contributed by atoms with Crippen molar-refractivity contribution < 1.29 is 9.18 Å². The molecular weight excluding hydrogens is 495 g/mol. The Hall–Kier alpha value is -4.28. The zero-order valence-electron chi connectivity index (χ0n) is 22.1. The van der Waals surface area contributed by atoms with Crippen LogP contribution < -0.4 is 10.6 Å². The van der Waals surface area contributed by atoms with E-state index in [1.807, 2.05) is 31.2 Å². The molecule has 39 heavy (non-hydrogen) atoms. The molecule has 5 rings (SSSR count). The predicted octanol–water partition coefficient (Wildman–Crippen LogP) is 4.45. The van der Waals surface area contributed by atoms with Gasteiger partial charge in [-0.1, -0.05) is 12.1 Å². The SMILES string of the molecule is Cc1ccc(NC(=O)c2ccc(CN3CCN(C)CC3)c(CF)c2)cc1Nc1nccc(-c2cncnc2)n1. The van der Waals surface area contributed by atoms with E-state index in [0.717, 1.165) is 48.6 Å². The van der Waals surface area contributed by atoms with Crippen LogP contribution in [0.2, 0.25) is 0 Å². The molecule has 0 aliphatic carbocycles. The van der Waals surface area contributed by atoms with Crippen LogP contribution in [-0.2, 0) is 13.2 Å². The summed E-state index contributed by atoms with van der Waals surface area (Å²) in [5, 5.41) is 6.16. The second kappa shape index (κ2) is 12.1. The van der Waals surface area contributed by atoms with E-state index >= 15 is 0 Å². The van der Waals surface area contributed by atoms with Gasteiger partial charge in [0.05, 0.1) is 5.69 Å². The summed E-state index contributed by atoms with van der Waals surface area (Å²) in [6.07, 6.45) is 6.50. The number of piperazine rings is 1. The molecule has 0 bridgehead atoms. The lowest BCUT2D eigenvalue weighted by molar-refractivity contribution is 0.102. The van der Waals surface area contributed by atoms with Gasteiger partial charge in [-0.05, 0) is 61.0 Å². The third-order valence-corrected chi connectivity index (χ3v) is 6.86. The highest BCUT2D eigenvalue weighted by Crippen LogP contribution is 2.25. The lowest BCUT2D eigenvalue weighted by Gasteiger charge is -2.32. The summed E-state index contributed by atoms with van der Waals surface area (Å²) in [5.74, 6) is 0.111. The molecule has 2 aromatic carbocycles. The Morgan fingerprint density at radius 3 is 2.56 bits per heavy atom. The molecule has 1 aliphatic heterocycles. The monoisotopic (exact) mass is 526 g/mol. The second-order valence-corrected chi connectivity index (χ2v) is 9.70. The van der Waals surface area contributed by atoms with Crippen LogP contribution in [0.1, 0.15) is 27.0 Å². The molecule has 10 heteroatoms. The van der Waals surface area contributed by atoms with Gasteiger partial charge in [0.1, 0.15) is 13.0 Å². The lowest BCUT2D eigenvalue weighted by Crippen LogP contribution is -2.44. The minimum Gasteiger partial charge on any atom is -0.324 e. The van der Waals surface area contributed by atoms with Crippen molar-refractivity contribution in [2.24, 2.45) is 0 Å². The summed E-state index contributed by atoms with van der Waals surface area (Å²) in [5.41, 5.74) is 5.67. The molecule has 1 amide bonds. The molecule has 0 saturated carbocycles. The van der Waals surface area contributed by atoms with Gasteiger partial charge in [0.25, 0.3) is 5.91 Å². The zero-order chi connectivity index (χ0) is 27.2. The standard InChI is InChI=1S/C29H31FN8O/c1-20-3-6-25(14-27(20)36-29-33-8-7-26(35-29)24-16-31-19-32-17-24)34-28(39)21-4-5-22(23(13-21)15-30)18-38-11-9-37(2)10-12-38/h3-8,13-14,16-17,19H,9-12,15,18H2,1-2H3,(H,34,39)(H,33,35,36). The number of hydrogen-bond donors (Lipinski definition) is 2. The van der Waals surface area contributed by atoms with Gasteiger partial charge in [0.15, 0.2) is 0 Å². The van der Waals surface area contributed by atoms with Crippen molar-refractivity contribution >= 4 is 23.2 Å². The number of anilines is 3. The molecule has 0 spiro atoms. The molecule has 2 N–H and O–H groups in total. The van der Waals surface area contributed by atoms with Crippen LogP contribution >= 0.6 is 0 Å². The number of carbonyl (C=O) groups is 1. The van der Waals surface area contributed by atoms with E-state index in [0.29, 0.717) is 35.0 Å². The summed E-state index contributed by atoms with van der Waals surface area (Å²) in [6.45, 7) is 5.92. The Balaban J connectivity index is 1.28. The number of hydrogen-bond acceptors (Lipinski definition) is 8. The molecule has 0 unspecified atom stereocenters. The fraction of sp³-hybridized carbons (Fsp3) is 0.276. The fourth-order valence-electron chi connectivity index (χ4n) is 4.46. The number of aryl methyl sites for hydroxylation is 1. The highest BCUT2D eigenvalue weighted by atomic mass is 19.1. The van der Waals surface area contributed by atoms with Crippen molar-refractivity contribution in [1.29, 1.82) is 0 Å². The first-order valence-corrected chi connectivity index (χ1v) is 12.8. The summed E-state index contributed by atoms with van der Waals surface area (Å²) in [6, 6.07) is 12.6. The van der Waals surface area contributed by atoms with Gasteiger partial charge < -0.3 is 15.5 Å². The van der Waals surface area contributed by atoms with Crippen LogP contribution in [0.15, 0.2) is 67.4 Å². The summed E-state index contributed by atoms with van der Waals surface area (Å²) in [7, 11) is 2.11. The summed E-state index contributed by atoms with van der Waals surface area (Å²) in [4.78, 5) is 34.6. The van der Waals surface area contributed by atoms with Crippen LogP contribution in [0.25, 0.3) is 11.3 Å². The average Bonchev–Trinajstić information content (AvgIpc) is 2.97. The molecule has 1 aliphatic rings. The normalized spacial score (nSPS) is 14.2. The van der Waals surface area contributed by atoms with E-state index in [2.05, 4.69) is 47.4 Å². The first-order chi connectivity index (χ1) is 19.0. The van der Waals surface area contributed by atoms with E-state index in [1.54, 1.807) is 36.8 Å². The number of aromatic nitrogens is 4. The minimum absolute atomic E-state index is 0.298. The Morgan fingerprint density at radius 2 is 1.79 bits per heavy atom. The third-order valence-electron chi connectivity index (χ3n) is 6.86. The highest BCUT2D eigenvalue weighted by Gasteiger charge is 2.17. The molecule has 2 aromatic heterocycles. The number of amides is 1. The number of likely N-dealkylation sites (N-methyl/N-ethyl adjacent to an activating group) is 1. The second-order valence-electron chi connectivity index (χ2n) is 9.70. The van der Waals surface area contributed by atoms with Crippen LogP contribution in [0, 0.1) is 6.92 Å². The highest BCUT2D eigenvalue weighted by molar-refractivity contribution is 6.04. The Labute approximate surface area is 227 Å². The topological polar surface area (TPSA) is 99.2 Å². The first-order valence-electron chi connectivity index (χ1n) is 12.8. The molecule has 3 heterocycles. The average molecular weight is 527 g/mol. The van der Waals surface area contributed by atoms with E-state index in [4.69, 9.17) is 0 Å². The van der Waals surface area contributed by atoms with Crippen molar-refractivity contribution in [3.05, 3.63) is 89.6 Å². The quantitative estimate of drug-likeness (QED) is 0.347. The van der Waals surface area contributed by atoms with E-state index in [-0.39, 0.29) is 5.91 Å². The van der Waals surface area contributed by atoms with Gasteiger partial charge in [0.2, 0.25) is 5.95 Å². The maximum absolute atomic E-state index is 13.9. The number of rotatable bonds is 8. The van der Waals surface area contributed by atoms with Gasteiger partial charge in [-0.25, -0.2) is 24.3 Å². The van der Waals surface area contributed by atoms with Gasteiger partial charge in [-0.2, -0.15) is 0 Å². The van der Waals surface area contributed by atoms with Crippen molar-refractivity contribution in [2.45, 2.75) is 20.1 Å². The van der Waals surface area contributed by atoms with E-state index < -0.39 is 6.67 Å². The zero-order valence-corrected chi connectivity index (χ0v) is 22.1.